The van der Waals surface area contributed by atoms with Gasteiger partial charge in [0.05, 0.1) is 13.0 Å². The van der Waals surface area contributed by atoms with Gasteiger partial charge in [0.25, 0.3) is 0 Å². The number of carbonyl (C=O) groups is 1. The van der Waals surface area contributed by atoms with Crippen LogP contribution in [0.5, 0.6) is 5.75 Å². The number of carbonyl (C=O) groups excluding carboxylic acids is 1. The van der Waals surface area contributed by atoms with Crippen molar-refractivity contribution in [3.63, 3.8) is 0 Å². The number of rotatable bonds is 4. The van der Waals surface area contributed by atoms with Gasteiger partial charge in [-0.2, -0.15) is 0 Å². The molecular weight excluding hydrogens is 304 g/mol. The smallest absolute Gasteiger partial charge is 0.200 e. The molecule has 0 radical (unpaired) electrons. The maximum Gasteiger partial charge on any atom is 0.200 e. The number of benzene rings is 3. The summed E-state index contributed by atoms with van der Waals surface area (Å²) >= 11 is 1.30. The Hall–Kier alpha value is -2.26. The molecule has 3 aromatic carbocycles. The predicted octanol–water partition coefficient (Wildman–Crippen LogP) is 5.27. The van der Waals surface area contributed by atoms with Crippen molar-refractivity contribution in [3.05, 3.63) is 72.3 Å². The molecule has 0 N–H and O–H groups in total. The molecule has 0 aliphatic rings. The molecule has 0 saturated carbocycles. The number of thioether (sulfide) groups is 1. The summed E-state index contributed by atoms with van der Waals surface area (Å²) in [7, 11) is 1.66. The van der Waals surface area contributed by atoms with Crippen molar-refractivity contribution in [2.75, 3.05) is 7.11 Å². The Bertz CT molecular complexity index is 827. The fourth-order valence-electron chi connectivity index (χ4n) is 2.47. The fraction of sp³-hybridized carbons (Fsp3) is 0.150. The van der Waals surface area contributed by atoms with Gasteiger partial charge in [-0.25, -0.2) is 0 Å². The zero-order valence-electron chi connectivity index (χ0n) is 13.2. The minimum absolute atomic E-state index is 0.147. The Morgan fingerprint density at radius 1 is 0.957 bits per heavy atom. The van der Waals surface area contributed by atoms with Crippen LogP contribution in [-0.2, 0) is 4.79 Å². The van der Waals surface area contributed by atoms with Crippen molar-refractivity contribution in [2.45, 2.75) is 17.7 Å². The van der Waals surface area contributed by atoms with E-state index in [0.29, 0.717) is 0 Å². The third kappa shape index (κ3) is 3.57. The molecule has 0 heterocycles. The molecule has 0 fully saturated rings. The molecule has 2 nitrogen and oxygen atoms in total. The molecule has 0 amide bonds. The van der Waals surface area contributed by atoms with Crippen LogP contribution < -0.4 is 4.74 Å². The lowest BCUT2D eigenvalue weighted by molar-refractivity contribution is -0.111. The van der Waals surface area contributed by atoms with Crippen molar-refractivity contribution in [1.82, 2.24) is 0 Å². The molecule has 23 heavy (non-hydrogen) atoms. The summed E-state index contributed by atoms with van der Waals surface area (Å²) < 4.78 is 5.25. The summed E-state index contributed by atoms with van der Waals surface area (Å²) in [6.07, 6.45) is 0. The SMILES string of the molecule is COc1ccc2cc([C@H](C)C(=O)Sc3ccccc3)ccc2c1. The molecule has 1 atom stereocenters. The summed E-state index contributed by atoms with van der Waals surface area (Å²) in [5.74, 6) is 0.695. The second-order valence-corrected chi connectivity index (χ2v) is 6.51. The molecule has 0 aliphatic heterocycles. The Labute approximate surface area is 140 Å². The molecule has 3 rings (SSSR count). The number of methoxy groups -OCH3 is 1. The molecule has 0 aromatic heterocycles. The molecule has 3 heteroatoms. The van der Waals surface area contributed by atoms with Gasteiger partial charge in [-0.15, -0.1) is 0 Å². The van der Waals surface area contributed by atoms with Gasteiger partial charge < -0.3 is 4.74 Å². The maximum absolute atomic E-state index is 12.5. The quantitative estimate of drug-likeness (QED) is 0.612. The zero-order chi connectivity index (χ0) is 16.2. The van der Waals surface area contributed by atoms with E-state index in [1.165, 1.54) is 11.8 Å². The third-order valence-electron chi connectivity index (χ3n) is 3.89. The highest BCUT2D eigenvalue weighted by Gasteiger charge is 2.17. The van der Waals surface area contributed by atoms with E-state index < -0.39 is 0 Å². The number of hydrogen-bond acceptors (Lipinski definition) is 3. The maximum atomic E-state index is 12.5. The summed E-state index contributed by atoms with van der Waals surface area (Å²) in [4.78, 5) is 13.5. The minimum atomic E-state index is -0.147. The van der Waals surface area contributed by atoms with E-state index in [0.717, 1.165) is 27.0 Å². The highest BCUT2D eigenvalue weighted by atomic mass is 32.2. The van der Waals surface area contributed by atoms with E-state index in [4.69, 9.17) is 4.74 Å². The molecule has 0 unspecified atom stereocenters. The van der Waals surface area contributed by atoms with E-state index in [9.17, 15) is 4.79 Å². The van der Waals surface area contributed by atoms with E-state index in [2.05, 4.69) is 6.07 Å². The standard InChI is InChI=1S/C20H18O2S/c1-14(20(21)23-19-6-4-3-5-7-19)15-8-9-17-13-18(22-2)11-10-16(17)12-15/h3-14H,1-2H3/t14-/m0/s1. The number of ether oxygens (including phenoxy) is 1. The average molecular weight is 322 g/mol. The second-order valence-electron chi connectivity index (χ2n) is 5.43. The lowest BCUT2D eigenvalue weighted by Gasteiger charge is -2.12. The van der Waals surface area contributed by atoms with Crippen LogP contribution in [0, 0.1) is 0 Å². The van der Waals surface area contributed by atoms with Crippen molar-refractivity contribution in [1.29, 1.82) is 0 Å². The van der Waals surface area contributed by atoms with Gasteiger partial charge in [0.1, 0.15) is 5.75 Å². The Kier molecular flexibility index (Phi) is 4.68. The van der Waals surface area contributed by atoms with Crippen molar-refractivity contribution in [2.24, 2.45) is 0 Å². The Morgan fingerprint density at radius 3 is 2.39 bits per heavy atom. The molecule has 0 aliphatic carbocycles. The first kappa shape index (κ1) is 15.6. The monoisotopic (exact) mass is 322 g/mol. The fourth-order valence-corrected chi connectivity index (χ4v) is 3.31. The normalized spacial score (nSPS) is 12.1. The molecule has 0 saturated heterocycles. The molecule has 116 valence electrons. The summed E-state index contributed by atoms with van der Waals surface area (Å²) in [6.45, 7) is 1.96. The highest BCUT2D eigenvalue weighted by molar-refractivity contribution is 8.13. The van der Waals surface area contributed by atoms with Crippen LogP contribution in [0.2, 0.25) is 0 Å². The topological polar surface area (TPSA) is 26.3 Å². The number of fused-ring (bicyclic) bond motifs is 1. The first-order valence-electron chi connectivity index (χ1n) is 7.52. The van der Waals surface area contributed by atoms with Crippen molar-refractivity contribution >= 4 is 27.6 Å². The van der Waals surface area contributed by atoms with Gasteiger partial charge in [-0.1, -0.05) is 61.2 Å². The van der Waals surface area contributed by atoms with Crippen LogP contribution in [0.15, 0.2) is 71.6 Å². The van der Waals surface area contributed by atoms with Crippen LogP contribution in [0.3, 0.4) is 0 Å². The highest BCUT2D eigenvalue weighted by Crippen LogP contribution is 2.30. The predicted molar refractivity (Wildman–Crippen MR) is 96.2 cm³/mol. The molecular formula is C20H18O2S. The molecule has 3 aromatic rings. The largest absolute Gasteiger partial charge is 0.497 e. The lowest BCUT2D eigenvalue weighted by Crippen LogP contribution is -2.04. The van der Waals surface area contributed by atoms with E-state index in [-0.39, 0.29) is 11.0 Å². The van der Waals surface area contributed by atoms with Gasteiger partial charge in [0, 0.05) is 4.90 Å². The molecule has 0 bridgehead atoms. The van der Waals surface area contributed by atoms with Crippen LogP contribution in [0.25, 0.3) is 10.8 Å². The molecule has 0 spiro atoms. The summed E-state index contributed by atoms with van der Waals surface area (Å²) in [6, 6.07) is 21.9. The minimum Gasteiger partial charge on any atom is -0.497 e. The van der Waals surface area contributed by atoms with Gasteiger partial charge >= 0.3 is 0 Å². The van der Waals surface area contributed by atoms with E-state index >= 15 is 0 Å². The summed E-state index contributed by atoms with van der Waals surface area (Å²) in [5, 5.41) is 2.39. The second kappa shape index (κ2) is 6.88. The van der Waals surface area contributed by atoms with Crippen LogP contribution in [0.1, 0.15) is 18.4 Å². The Balaban J connectivity index is 1.82. The summed E-state index contributed by atoms with van der Waals surface area (Å²) in [5.41, 5.74) is 1.04. The van der Waals surface area contributed by atoms with Gasteiger partial charge in [-0.3, -0.25) is 4.79 Å². The third-order valence-corrected chi connectivity index (χ3v) is 4.95. The van der Waals surface area contributed by atoms with Gasteiger partial charge in [-0.05, 0) is 40.6 Å². The first-order valence-corrected chi connectivity index (χ1v) is 8.33. The van der Waals surface area contributed by atoms with E-state index in [1.54, 1.807) is 7.11 Å². The van der Waals surface area contributed by atoms with Crippen LogP contribution >= 0.6 is 11.8 Å². The Morgan fingerprint density at radius 2 is 1.65 bits per heavy atom. The van der Waals surface area contributed by atoms with Gasteiger partial charge in [0.15, 0.2) is 0 Å². The van der Waals surface area contributed by atoms with Gasteiger partial charge in [0.2, 0.25) is 5.12 Å². The van der Waals surface area contributed by atoms with Crippen molar-refractivity contribution in [3.8, 4) is 5.75 Å². The van der Waals surface area contributed by atoms with Crippen molar-refractivity contribution < 1.29 is 9.53 Å². The lowest BCUT2D eigenvalue weighted by atomic mass is 9.99. The van der Waals surface area contributed by atoms with E-state index in [1.807, 2.05) is 67.6 Å². The zero-order valence-corrected chi connectivity index (χ0v) is 14.0. The van der Waals surface area contributed by atoms with Crippen LogP contribution in [-0.4, -0.2) is 12.2 Å². The average Bonchev–Trinajstić information content (AvgIpc) is 2.61. The number of hydrogen-bond donors (Lipinski definition) is 0. The van der Waals surface area contributed by atoms with Crippen LogP contribution in [0.4, 0.5) is 0 Å². The first-order chi connectivity index (χ1) is 11.2.